The zero-order chi connectivity index (χ0) is 22.9. The third-order valence-electron chi connectivity index (χ3n) is 4.91. The smallest absolute Gasteiger partial charge is 0.254 e. The Morgan fingerprint density at radius 1 is 1.12 bits per heavy atom. The summed E-state index contributed by atoms with van der Waals surface area (Å²) in [6, 6.07) is 11.1. The molecule has 10 heteroatoms. The number of fused-ring (bicyclic) bond motifs is 1. The zero-order valence-corrected chi connectivity index (χ0v) is 17.1. The molecular weight excluding hydrogens is 425 g/mol. The molecule has 0 saturated carbocycles. The molecule has 0 spiro atoms. The van der Waals surface area contributed by atoms with E-state index in [1.807, 2.05) is 0 Å². The number of anilines is 1. The van der Waals surface area contributed by atoms with Gasteiger partial charge >= 0.3 is 0 Å². The van der Waals surface area contributed by atoms with Crippen LogP contribution in [0.5, 0.6) is 11.6 Å². The van der Waals surface area contributed by atoms with Gasteiger partial charge in [-0.1, -0.05) is 18.7 Å². The molecule has 1 aromatic carbocycles. The van der Waals surface area contributed by atoms with E-state index in [1.54, 1.807) is 53.6 Å². The van der Waals surface area contributed by atoms with Gasteiger partial charge in [0.1, 0.15) is 17.8 Å². The third kappa shape index (κ3) is 3.59. The number of hydrogen-bond acceptors (Lipinski definition) is 7. The largest absolute Gasteiger partial charge is 0.436 e. The summed E-state index contributed by atoms with van der Waals surface area (Å²) in [5.74, 6) is -0.225. The average Bonchev–Trinajstić information content (AvgIpc) is 3.47. The summed E-state index contributed by atoms with van der Waals surface area (Å²) in [5, 5.41) is 5.19. The van der Waals surface area contributed by atoms with Crippen molar-refractivity contribution in [2.24, 2.45) is 0 Å². The maximum Gasteiger partial charge on any atom is 0.254 e. The quantitative estimate of drug-likeness (QED) is 0.410. The van der Waals surface area contributed by atoms with Gasteiger partial charge in [-0.05, 0) is 30.3 Å². The van der Waals surface area contributed by atoms with Gasteiger partial charge in [0.05, 0.1) is 11.1 Å². The van der Waals surface area contributed by atoms with Crippen molar-refractivity contribution in [2.75, 3.05) is 5.73 Å². The van der Waals surface area contributed by atoms with Gasteiger partial charge in [0, 0.05) is 30.2 Å². The highest BCUT2D eigenvalue weighted by atomic mass is 19.1. The van der Waals surface area contributed by atoms with E-state index in [2.05, 4.69) is 26.6 Å². The summed E-state index contributed by atoms with van der Waals surface area (Å²) < 4.78 is 22.3. The zero-order valence-electron chi connectivity index (χ0n) is 17.1. The Balaban J connectivity index is 1.56. The number of para-hydroxylation sites is 1. The van der Waals surface area contributed by atoms with E-state index in [0.717, 1.165) is 0 Å². The predicted molar refractivity (Wildman–Crippen MR) is 120 cm³/mol. The molecule has 162 valence electrons. The van der Waals surface area contributed by atoms with Crippen molar-refractivity contribution in [2.45, 2.75) is 0 Å². The Bertz CT molecular complexity index is 1510. The van der Waals surface area contributed by atoms with Crippen molar-refractivity contribution in [1.29, 1.82) is 0 Å². The minimum atomic E-state index is -0.486. The number of ether oxygens (including phenoxy) is 1. The van der Waals surface area contributed by atoms with Gasteiger partial charge in [0.2, 0.25) is 5.88 Å². The van der Waals surface area contributed by atoms with Crippen LogP contribution in [0.4, 0.5) is 10.2 Å². The fraction of sp³-hybridized carbons (Fsp3) is 0. The molecule has 0 fully saturated rings. The van der Waals surface area contributed by atoms with E-state index in [-0.39, 0.29) is 23.4 Å². The fourth-order valence-corrected chi connectivity index (χ4v) is 3.33. The van der Waals surface area contributed by atoms with Crippen LogP contribution in [0.1, 0.15) is 4.79 Å². The van der Waals surface area contributed by atoms with Crippen LogP contribution < -0.4 is 10.5 Å². The van der Waals surface area contributed by atoms with Crippen molar-refractivity contribution in [3.63, 3.8) is 0 Å². The molecular formula is C23H16FN7O2. The predicted octanol–water partition coefficient (Wildman–Crippen LogP) is 4.02. The van der Waals surface area contributed by atoms with Gasteiger partial charge in [-0.2, -0.15) is 5.10 Å². The molecule has 0 saturated heterocycles. The second-order valence-corrected chi connectivity index (χ2v) is 6.95. The van der Waals surface area contributed by atoms with E-state index in [9.17, 15) is 9.18 Å². The van der Waals surface area contributed by atoms with Gasteiger partial charge < -0.3 is 10.5 Å². The number of hydrogen-bond donors (Lipinski definition) is 1. The first kappa shape index (κ1) is 20.1. The standard InChI is InChI=1S/C23H16FN7O2/c1-2-19(32)30-10-9-15(12-30)31-23-20(22(25)27-13-28-23)21(29-31)14-7-8-18(26-11-14)33-17-6-4-3-5-16(17)24/h2-13H,1H2,(H2,25,27,28). The molecule has 33 heavy (non-hydrogen) atoms. The van der Waals surface area contributed by atoms with Crippen LogP contribution in [0.25, 0.3) is 28.0 Å². The summed E-state index contributed by atoms with van der Waals surface area (Å²) in [6.07, 6.45) is 7.32. The molecule has 5 rings (SSSR count). The van der Waals surface area contributed by atoms with Crippen molar-refractivity contribution >= 4 is 22.8 Å². The minimum absolute atomic E-state index is 0.0729. The van der Waals surface area contributed by atoms with Gasteiger partial charge in [-0.15, -0.1) is 0 Å². The Labute approximate surface area is 186 Å². The molecule has 0 radical (unpaired) electrons. The van der Waals surface area contributed by atoms with Gasteiger partial charge in [-0.3, -0.25) is 9.36 Å². The number of nitrogens with zero attached hydrogens (tertiary/aromatic N) is 6. The van der Waals surface area contributed by atoms with E-state index >= 15 is 0 Å². The molecule has 0 aliphatic rings. The van der Waals surface area contributed by atoms with Crippen LogP contribution in [0.2, 0.25) is 0 Å². The number of aromatic nitrogens is 6. The van der Waals surface area contributed by atoms with Crippen molar-refractivity contribution in [3.05, 3.63) is 85.9 Å². The van der Waals surface area contributed by atoms with Gasteiger partial charge in [0.15, 0.2) is 17.2 Å². The molecule has 0 aliphatic heterocycles. The number of nitrogen functional groups attached to an aromatic ring is 1. The first-order valence-electron chi connectivity index (χ1n) is 9.78. The molecule has 0 aliphatic carbocycles. The lowest BCUT2D eigenvalue weighted by Gasteiger charge is -2.06. The molecule has 0 bridgehead atoms. The first-order valence-corrected chi connectivity index (χ1v) is 9.78. The number of carbonyl (C=O) groups is 1. The summed E-state index contributed by atoms with van der Waals surface area (Å²) in [6.45, 7) is 3.49. The molecule has 4 aromatic heterocycles. The maximum atomic E-state index is 13.9. The lowest BCUT2D eigenvalue weighted by Crippen LogP contribution is -2.04. The van der Waals surface area contributed by atoms with Crippen LogP contribution in [-0.4, -0.2) is 35.2 Å². The molecule has 0 unspecified atom stereocenters. The summed E-state index contributed by atoms with van der Waals surface area (Å²) in [7, 11) is 0. The van der Waals surface area contributed by atoms with Crippen LogP contribution in [0, 0.1) is 5.82 Å². The molecule has 9 nitrogen and oxygen atoms in total. The lowest BCUT2D eigenvalue weighted by molar-refractivity contribution is 0.0969. The number of pyridine rings is 1. The fourth-order valence-electron chi connectivity index (χ4n) is 3.33. The number of allylic oxidation sites excluding steroid dienone is 1. The van der Waals surface area contributed by atoms with Crippen molar-refractivity contribution in [3.8, 4) is 28.6 Å². The number of benzene rings is 1. The van der Waals surface area contributed by atoms with Crippen LogP contribution in [0.3, 0.4) is 0 Å². The Kier molecular flexibility index (Phi) is 4.87. The summed E-state index contributed by atoms with van der Waals surface area (Å²) >= 11 is 0. The van der Waals surface area contributed by atoms with E-state index in [0.29, 0.717) is 28.0 Å². The first-order chi connectivity index (χ1) is 16.0. The van der Waals surface area contributed by atoms with E-state index in [4.69, 9.17) is 10.5 Å². The van der Waals surface area contributed by atoms with Gasteiger partial charge in [0.25, 0.3) is 5.91 Å². The van der Waals surface area contributed by atoms with E-state index in [1.165, 1.54) is 29.1 Å². The molecule has 2 N–H and O–H groups in total. The van der Waals surface area contributed by atoms with E-state index < -0.39 is 5.82 Å². The molecule has 4 heterocycles. The normalized spacial score (nSPS) is 10.9. The summed E-state index contributed by atoms with van der Waals surface area (Å²) in [5.41, 5.74) is 8.34. The van der Waals surface area contributed by atoms with Crippen LogP contribution in [0.15, 0.2) is 80.0 Å². The molecule has 0 atom stereocenters. The topological polar surface area (TPSA) is 114 Å². The Hall–Kier alpha value is -4.86. The summed E-state index contributed by atoms with van der Waals surface area (Å²) in [4.78, 5) is 24.6. The second kappa shape index (κ2) is 8.00. The SMILES string of the molecule is C=CC(=O)n1ccc(-n2nc(-c3ccc(Oc4ccccc4F)nc3)c3c(N)ncnc32)c1. The Morgan fingerprint density at radius 2 is 1.97 bits per heavy atom. The van der Waals surface area contributed by atoms with Gasteiger partial charge in [-0.25, -0.2) is 24.0 Å². The monoisotopic (exact) mass is 441 g/mol. The minimum Gasteiger partial charge on any atom is -0.436 e. The third-order valence-corrected chi connectivity index (χ3v) is 4.91. The maximum absolute atomic E-state index is 13.9. The number of carbonyl (C=O) groups excluding carboxylic acids is 1. The molecule has 5 aromatic rings. The highest BCUT2D eigenvalue weighted by Crippen LogP contribution is 2.32. The number of halogens is 1. The number of rotatable bonds is 5. The van der Waals surface area contributed by atoms with Crippen molar-refractivity contribution < 1.29 is 13.9 Å². The highest BCUT2D eigenvalue weighted by molar-refractivity contribution is 5.99. The highest BCUT2D eigenvalue weighted by Gasteiger charge is 2.19. The van der Waals surface area contributed by atoms with Crippen LogP contribution >= 0.6 is 0 Å². The lowest BCUT2D eigenvalue weighted by atomic mass is 10.1. The van der Waals surface area contributed by atoms with Crippen LogP contribution in [-0.2, 0) is 0 Å². The number of nitrogens with two attached hydrogens (primary N) is 1. The average molecular weight is 441 g/mol. The molecule has 0 amide bonds. The Morgan fingerprint density at radius 3 is 2.73 bits per heavy atom. The van der Waals surface area contributed by atoms with Crippen molar-refractivity contribution in [1.82, 2.24) is 29.3 Å². The second-order valence-electron chi connectivity index (χ2n) is 6.95.